The van der Waals surface area contributed by atoms with Gasteiger partial charge in [0.1, 0.15) is 0 Å². The summed E-state index contributed by atoms with van der Waals surface area (Å²) in [6, 6.07) is 16.8. The van der Waals surface area contributed by atoms with E-state index in [1.165, 1.54) is 6.21 Å². The molecule has 6 heteroatoms. The van der Waals surface area contributed by atoms with Crippen LogP contribution in [0, 0.1) is 0 Å². The topological polar surface area (TPSA) is 87.2 Å². The Bertz CT molecular complexity index is 991. The Balaban J connectivity index is 1.62. The lowest BCUT2D eigenvalue weighted by molar-refractivity contribution is -0.120. The molecule has 0 aliphatic heterocycles. The summed E-state index contributed by atoms with van der Waals surface area (Å²) in [5, 5.41) is 11.4. The minimum atomic E-state index is -0.311. The number of carbonyl (C=O) groups excluding carboxylic acids is 1. The smallest absolute Gasteiger partial charge is 0.272 e. The largest absolute Gasteiger partial charge is 0.273 e. The van der Waals surface area contributed by atoms with E-state index in [9.17, 15) is 9.59 Å². The highest BCUT2D eigenvalue weighted by Gasteiger charge is 2.09. The molecule has 25 heavy (non-hydrogen) atoms. The van der Waals surface area contributed by atoms with Gasteiger partial charge in [0.25, 0.3) is 5.56 Å². The second kappa shape index (κ2) is 7.83. The summed E-state index contributed by atoms with van der Waals surface area (Å²) < 4.78 is 0. The number of hydrogen-bond donors (Lipinski definition) is 2. The number of nitrogens with zero attached hydrogens (tertiary/aromatic N) is 2. The number of aromatic nitrogens is 2. The Morgan fingerprint density at radius 2 is 1.80 bits per heavy atom. The monoisotopic (exact) mass is 332 g/mol. The van der Waals surface area contributed by atoms with Gasteiger partial charge in [-0.3, -0.25) is 9.59 Å². The zero-order valence-corrected chi connectivity index (χ0v) is 13.3. The molecule has 0 aliphatic rings. The number of amides is 1. The lowest BCUT2D eigenvalue weighted by Crippen LogP contribution is -2.22. The molecule has 0 aliphatic carbocycles. The van der Waals surface area contributed by atoms with Gasteiger partial charge in [0.05, 0.1) is 17.5 Å². The highest BCUT2D eigenvalue weighted by molar-refractivity contribution is 5.88. The number of rotatable bonds is 5. The number of aromatic amines is 1. The molecule has 0 saturated carbocycles. The van der Waals surface area contributed by atoms with E-state index in [-0.39, 0.29) is 17.9 Å². The number of allylic oxidation sites excluding steroid dienone is 1. The first-order valence-corrected chi connectivity index (χ1v) is 7.74. The maximum absolute atomic E-state index is 12.0. The molecule has 1 heterocycles. The maximum Gasteiger partial charge on any atom is 0.272 e. The molecule has 1 amide bonds. The Morgan fingerprint density at radius 1 is 1.08 bits per heavy atom. The summed E-state index contributed by atoms with van der Waals surface area (Å²) >= 11 is 0. The molecule has 0 bridgehead atoms. The van der Waals surface area contributed by atoms with Gasteiger partial charge < -0.3 is 0 Å². The lowest BCUT2D eigenvalue weighted by atomic mass is 10.1. The fourth-order valence-electron chi connectivity index (χ4n) is 2.37. The molecule has 3 rings (SSSR count). The van der Waals surface area contributed by atoms with Crippen molar-refractivity contribution in [3.05, 3.63) is 82.3 Å². The van der Waals surface area contributed by atoms with E-state index in [0.29, 0.717) is 16.5 Å². The van der Waals surface area contributed by atoms with Crippen molar-refractivity contribution in [2.45, 2.75) is 6.42 Å². The summed E-state index contributed by atoms with van der Waals surface area (Å²) in [6.07, 6.45) is 5.15. The van der Waals surface area contributed by atoms with Gasteiger partial charge >= 0.3 is 0 Å². The predicted octanol–water partition coefficient (Wildman–Crippen LogP) is 2.28. The van der Waals surface area contributed by atoms with Crippen LogP contribution in [0.2, 0.25) is 0 Å². The van der Waals surface area contributed by atoms with Crippen LogP contribution < -0.4 is 11.0 Å². The molecule has 2 aromatic carbocycles. The third-order valence-electron chi connectivity index (χ3n) is 3.54. The Kier molecular flexibility index (Phi) is 5.11. The van der Waals surface area contributed by atoms with E-state index in [2.05, 4.69) is 20.7 Å². The Hall–Kier alpha value is -3.54. The zero-order chi connectivity index (χ0) is 17.5. The number of carbonyl (C=O) groups is 1. The van der Waals surface area contributed by atoms with Crippen LogP contribution in [-0.2, 0) is 11.2 Å². The standard InChI is InChI=1S/C19H16N4O2/c24-18(22-20-12-6-9-14-7-2-1-3-8-14)13-17-15-10-4-5-11-16(15)19(25)23-21-17/h1-12H,13H2,(H,22,24)(H,23,25). The van der Waals surface area contributed by atoms with Gasteiger partial charge in [-0.15, -0.1) is 0 Å². The fraction of sp³-hybridized carbons (Fsp3) is 0.0526. The normalized spacial score (nSPS) is 11.4. The number of nitrogens with one attached hydrogen (secondary N) is 2. The van der Waals surface area contributed by atoms with E-state index >= 15 is 0 Å². The van der Waals surface area contributed by atoms with Gasteiger partial charge in [0.15, 0.2) is 0 Å². The molecule has 3 aromatic rings. The van der Waals surface area contributed by atoms with Crippen molar-refractivity contribution in [2.75, 3.05) is 0 Å². The predicted molar refractivity (Wildman–Crippen MR) is 98.2 cm³/mol. The van der Waals surface area contributed by atoms with Crippen LogP contribution in [0.5, 0.6) is 0 Å². The molecule has 1 aromatic heterocycles. The summed E-state index contributed by atoms with van der Waals surface area (Å²) in [4.78, 5) is 23.7. The summed E-state index contributed by atoms with van der Waals surface area (Å²) in [6.45, 7) is 0. The van der Waals surface area contributed by atoms with Crippen molar-refractivity contribution >= 4 is 29.0 Å². The molecule has 0 saturated heterocycles. The van der Waals surface area contributed by atoms with Crippen molar-refractivity contribution in [1.82, 2.24) is 15.6 Å². The maximum atomic E-state index is 12.0. The van der Waals surface area contributed by atoms with Crippen LogP contribution in [0.3, 0.4) is 0 Å². The molecule has 124 valence electrons. The molecule has 2 N–H and O–H groups in total. The highest BCUT2D eigenvalue weighted by atomic mass is 16.2. The summed E-state index contributed by atoms with van der Waals surface area (Å²) in [7, 11) is 0. The van der Waals surface area contributed by atoms with Crippen molar-refractivity contribution < 1.29 is 4.79 Å². The first-order valence-electron chi connectivity index (χ1n) is 7.74. The van der Waals surface area contributed by atoms with Crippen LogP contribution in [0.25, 0.3) is 16.8 Å². The van der Waals surface area contributed by atoms with Crippen LogP contribution in [0.4, 0.5) is 0 Å². The van der Waals surface area contributed by atoms with E-state index in [0.717, 1.165) is 5.56 Å². The number of benzene rings is 2. The minimum Gasteiger partial charge on any atom is -0.273 e. The van der Waals surface area contributed by atoms with E-state index in [4.69, 9.17) is 0 Å². The number of H-pyrrole nitrogens is 1. The van der Waals surface area contributed by atoms with Crippen molar-refractivity contribution in [3.63, 3.8) is 0 Å². The Labute approximate surface area is 143 Å². The van der Waals surface area contributed by atoms with Crippen molar-refractivity contribution in [1.29, 1.82) is 0 Å². The van der Waals surface area contributed by atoms with Gasteiger partial charge in [-0.2, -0.15) is 10.2 Å². The second-order valence-electron chi connectivity index (χ2n) is 5.30. The molecule has 0 radical (unpaired) electrons. The van der Waals surface area contributed by atoms with Gasteiger partial charge in [-0.1, -0.05) is 54.6 Å². The average molecular weight is 332 g/mol. The SMILES string of the molecule is O=C(Cc1n[nH]c(=O)c2ccccc12)NN=CC=Cc1ccccc1. The van der Waals surface area contributed by atoms with Gasteiger partial charge in [0.2, 0.25) is 5.91 Å². The zero-order valence-electron chi connectivity index (χ0n) is 13.3. The molecular weight excluding hydrogens is 316 g/mol. The molecule has 0 fully saturated rings. The van der Waals surface area contributed by atoms with E-state index in [1.807, 2.05) is 36.4 Å². The lowest BCUT2D eigenvalue weighted by Gasteiger charge is -2.03. The van der Waals surface area contributed by atoms with E-state index < -0.39 is 0 Å². The quantitative estimate of drug-likeness (QED) is 0.555. The molecule has 0 atom stereocenters. The third-order valence-corrected chi connectivity index (χ3v) is 3.54. The Morgan fingerprint density at radius 3 is 2.60 bits per heavy atom. The van der Waals surface area contributed by atoms with Crippen LogP contribution in [0.1, 0.15) is 11.3 Å². The summed E-state index contributed by atoms with van der Waals surface area (Å²) in [5.74, 6) is -0.311. The van der Waals surface area contributed by atoms with E-state index in [1.54, 1.807) is 30.3 Å². The molecular formula is C19H16N4O2. The summed E-state index contributed by atoms with van der Waals surface area (Å²) in [5.41, 5.74) is 3.72. The molecule has 6 nitrogen and oxygen atoms in total. The first-order chi connectivity index (χ1) is 12.2. The van der Waals surface area contributed by atoms with Crippen LogP contribution >= 0.6 is 0 Å². The highest BCUT2D eigenvalue weighted by Crippen LogP contribution is 2.12. The molecule has 0 unspecified atom stereocenters. The van der Waals surface area contributed by atoms with Crippen LogP contribution in [-0.4, -0.2) is 22.3 Å². The third kappa shape index (κ3) is 4.26. The molecule has 0 spiro atoms. The van der Waals surface area contributed by atoms with Gasteiger partial charge in [-0.25, -0.2) is 10.5 Å². The van der Waals surface area contributed by atoms with Crippen LogP contribution in [0.15, 0.2) is 70.6 Å². The number of fused-ring (bicyclic) bond motifs is 1. The van der Waals surface area contributed by atoms with Gasteiger partial charge in [0, 0.05) is 11.6 Å². The fourth-order valence-corrected chi connectivity index (χ4v) is 2.37. The number of hydrazone groups is 1. The first kappa shape index (κ1) is 16.3. The van der Waals surface area contributed by atoms with Crippen molar-refractivity contribution in [2.24, 2.45) is 5.10 Å². The number of hydrogen-bond acceptors (Lipinski definition) is 4. The van der Waals surface area contributed by atoms with Crippen molar-refractivity contribution in [3.8, 4) is 0 Å². The average Bonchev–Trinajstić information content (AvgIpc) is 2.65. The van der Waals surface area contributed by atoms with Gasteiger partial charge in [-0.05, 0) is 17.7 Å². The second-order valence-corrected chi connectivity index (χ2v) is 5.30. The minimum absolute atomic E-state index is 0.0248.